The van der Waals surface area contributed by atoms with Crippen LogP contribution >= 0.6 is 22.9 Å². The normalized spacial score (nSPS) is 10.7. The Morgan fingerprint density at radius 1 is 1.26 bits per heavy atom. The van der Waals surface area contributed by atoms with Crippen molar-refractivity contribution < 1.29 is 9.21 Å². The van der Waals surface area contributed by atoms with Crippen molar-refractivity contribution in [3.05, 3.63) is 63.8 Å². The van der Waals surface area contributed by atoms with Gasteiger partial charge in [0.25, 0.3) is 0 Å². The number of aromatic nitrogens is 1. The summed E-state index contributed by atoms with van der Waals surface area (Å²) in [7, 11) is 0. The SMILES string of the molecule is Cc1ccc(-c2nc(CC(=O)NCc3ccc(Cl)cc3)cs2)o1. The Hall–Kier alpha value is -2.11. The van der Waals surface area contributed by atoms with Crippen LogP contribution < -0.4 is 5.32 Å². The molecule has 0 atom stereocenters. The smallest absolute Gasteiger partial charge is 0.226 e. The molecule has 6 heteroatoms. The highest BCUT2D eigenvalue weighted by molar-refractivity contribution is 7.13. The number of hydrogen-bond acceptors (Lipinski definition) is 4. The van der Waals surface area contributed by atoms with Crippen LogP contribution in [0.4, 0.5) is 0 Å². The van der Waals surface area contributed by atoms with Gasteiger partial charge in [0.05, 0.1) is 12.1 Å². The number of nitrogens with zero attached hydrogens (tertiary/aromatic N) is 1. The van der Waals surface area contributed by atoms with Gasteiger partial charge in [0.2, 0.25) is 5.91 Å². The lowest BCUT2D eigenvalue weighted by Crippen LogP contribution is -2.24. The number of thiazole rings is 1. The molecule has 2 heterocycles. The second-order valence-corrected chi connectivity index (χ2v) is 6.43. The Labute approximate surface area is 143 Å². The number of rotatable bonds is 5. The van der Waals surface area contributed by atoms with Crippen LogP contribution in [-0.4, -0.2) is 10.9 Å². The van der Waals surface area contributed by atoms with Crippen molar-refractivity contribution in [3.8, 4) is 10.8 Å². The Kier molecular flexibility index (Phi) is 4.79. The Bertz CT molecular complexity index is 808. The third kappa shape index (κ3) is 4.21. The van der Waals surface area contributed by atoms with Crippen LogP contribution in [0.1, 0.15) is 17.0 Å². The maximum atomic E-state index is 12.0. The van der Waals surface area contributed by atoms with E-state index in [2.05, 4.69) is 10.3 Å². The number of halogens is 1. The van der Waals surface area contributed by atoms with Crippen molar-refractivity contribution in [3.63, 3.8) is 0 Å². The average Bonchev–Trinajstić information content (AvgIpc) is 3.16. The summed E-state index contributed by atoms with van der Waals surface area (Å²) in [4.78, 5) is 16.5. The molecule has 0 fully saturated rings. The number of carbonyl (C=O) groups excluding carboxylic acids is 1. The molecule has 0 aliphatic carbocycles. The quantitative estimate of drug-likeness (QED) is 0.752. The van der Waals surface area contributed by atoms with E-state index in [4.69, 9.17) is 16.0 Å². The first-order valence-electron chi connectivity index (χ1n) is 7.12. The summed E-state index contributed by atoms with van der Waals surface area (Å²) in [6, 6.07) is 11.2. The molecule has 0 spiro atoms. The van der Waals surface area contributed by atoms with Crippen LogP contribution in [0.3, 0.4) is 0 Å². The summed E-state index contributed by atoms with van der Waals surface area (Å²) >= 11 is 7.31. The summed E-state index contributed by atoms with van der Waals surface area (Å²) in [6.45, 7) is 2.37. The van der Waals surface area contributed by atoms with E-state index in [0.717, 1.165) is 27.8 Å². The largest absolute Gasteiger partial charge is 0.459 e. The minimum absolute atomic E-state index is 0.0626. The molecular weight excluding hydrogens is 332 g/mol. The predicted octanol–water partition coefficient (Wildman–Crippen LogP) is 4.22. The van der Waals surface area contributed by atoms with Crippen LogP contribution in [-0.2, 0) is 17.8 Å². The standard InChI is InChI=1S/C17H15ClN2O2S/c1-11-2-7-15(22-11)17-20-14(10-23-17)8-16(21)19-9-12-3-5-13(18)6-4-12/h2-7,10H,8-9H2,1H3,(H,19,21). The molecule has 3 rings (SSSR count). The van der Waals surface area contributed by atoms with Gasteiger partial charge in [-0.1, -0.05) is 23.7 Å². The highest BCUT2D eigenvalue weighted by Crippen LogP contribution is 2.25. The number of amides is 1. The van der Waals surface area contributed by atoms with E-state index in [1.165, 1.54) is 11.3 Å². The number of aryl methyl sites for hydroxylation is 1. The summed E-state index contributed by atoms with van der Waals surface area (Å²) < 4.78 is 5.54. The zero-order valence-electron chi connectivity index (χ0n) is 12.5. The average molecular weight is 347 g/mol. The molecule has 1 amide bonds. The molecule has 0 aliphatic heterocycles. The molecule has 23 heavy (non-hydrogen) atoms. The number of nitrogens with one attached hydrogen (secondary N) is 1. The second-order valence-electron chi connectivity index (χ2n) is 5.13. The van der Waals surface area contributed by atoms with E-state index in [1.807, 2.05) is 36.6 Å². The van der Waals surface area contributed by atoms with E-state index < -0.39 is 0 Å². The van der Waals surface area contributed by atoms with Crippen LogP contribution in [0, 0.1) is 6.92 Å². The molecule has 0 bridgehead atoms. The number of benzene rings is 1. The van der Waals surface area contributed by atoms with Crippen LogP contribution in [0.15, 0.2) is 46.2 Å². The molecule has 0 saturated carbocycles. The van der Waals surface area contributed by atoms with E-state index in [1.54, 1.807) is 12.1 Å². The molecular formula is C17H15ClN2O2S. The summed E-state index contributed by atoms with van der Waals surface area (Å²) in [5, 5.41) is 6.24. The van der Waals surface area contributed by atoms with Crippen molar-refractivity contribution in [1.29, 1.82) is 0 Å². The van der Waals surface area contributed by atoms with Crippen molar-refractivity contribution >= 4 is 28.8 Å². The first-order chi connectivity index (χ1) is 11.1. The van der Waals surface area contributed by atoms with Gasteiger partial charge < -0.3 is 9.73 Å². The zero-order chi connectivity index (χ0) is 16.2. The molecule has 0 unspecified atom stereocenters. The van der Waals surface area contributed by atoms with Crippen LogP contribution in [0.2, 0.25) is 5.02 Å². The lowest BCUT2D eigenvalue weighted by molar-refractivity contribution is -0.120. The number of furan rings is 1. The maximum absolute atomic E-state index is 12.0. The fourth-order valence-corrected chi connectivity index (χ4v) is 2.99. The Morgan fingerprint density at radius 2 is 2.04 bits per heavy atom. The van der Waals surface area contributed by atoms with Crippen LogP contribution in [0.25, 0.3) is 10.8 Å². The van der Waals surface area contributed by atoms with Gasteiger partial charge >= 0.3 is 0 Å². The minimum atomic E-state index is -0.0626. The second kappa shape index (κ2) is 6.98. The number of hydrogen-bond donors (Lipinski definition) is 1. The van der Waals surface area contributed by atoms with E-state index in [9.17, 15) is 4.79 Å². The third-order valence-corrected chi connectivity index (χ3v) is 4.41. The zero-order valence-corrected chi connectivity index (χ0v) is 14.1. The van der Waals surface area contributed by atoms with Gasteiger partial charge in [-0.25, -0.2) is 4.98 Å². The topological polar surface area (TPSA) is 55.1 Å². The molecule has 4 nitrogen and oxygen atoms in total. The van der Waals surface area contributed by atoms with Gasteiger partial charge in [-0.05, 0) is 36.8 Å². The van der Waals surface area contributed by atoms with Gasteiger partial charge in [-0.3, -0.25) is 4.79 Å². The summed E-state index contributed by atoms with van der Waals surface area (Å²) in [5.41, 5.74) is 1.75. The fraction of sp³-hybridized carbons (Fsp3) is 0.176. The van der Waals surface area contributed by atoms with E-state index in [0.29, 0.717) is 11.6 Å². The molecule has 0 aliphatic rings. The van der Waals surface area contributed by atoms with Gasteiger partial charge in [0.1, 0.15) is 5.76 Å². The highest BCUT2D eigenvalue weighted by Gasteiger charge is 2.11. The van der Waals surface area contributed by atoms with Gasteiger partial charge in [-0.15, -0.1) is 11.3 Å². The minimum Gasteiger partial charge on any atom is -0.459 e. The first kappa shape index (κ1) is 15.8. The Morgan fingerprint density at radius 3 is 2.74 bits per heavy atom. The molecule has 1 N–H and O–H groups in total. The maximum Gasteiger partial charge on any atom is 0.226 e. The highest BCUT2D eigenvalue weighted by atomic mass is 35.5. The lowest BCUT2D eigenvalue weighted by Gasteiger charge is -2.04. The van der Waals surface area contributed by atoms with E-state index >= 15 is 0 Å². The predicted molar refractivity (Wildman–Crippen MR) is 91.6 cm³/mol. The summed E-state index contributed by atoms with van der Waals surface area (Å²) in [5.74, 6) is 1.52. The van der Waals surface area contributed by atoms with Crippen molar-refractivity contribution in [2.24, 2.45) is 0 Å². The Balaban J connectivity index is 1.56. The molecule has 118 valence electrons. The monoisotopic (exact) mass is 346 g/mol. The van der Waals surface area contributed by atoms with Crippen molar-refractivity contribution in [1.82, 2.24) is 10.3 Å². The molecule has 0 saturated heterocycles. The van der Waals surface area contributed by atoms with Crippen molar-refractivity contribution in [2.45, 2.75) is 19.9 Å². The molecule has 0 radical (unpaired) electrons. The van der Waals surface area contributed by atoms with Gasteiger partial charge in [0, 0.05) is 16.9 Å². The lowest BCUT2D eigenvalue weighted by atomic mass is 10.2. The van der Waals surface area contributed by atoms with Gasteiger partial charge in [-0.2, -0.15) is 0 Å². The number of carbonyl (C=O) groups is 1. The molecule has 3 aromatic rings. The summed E-state index contributed by atoms with van der Waals surface area (Å²) in [6.07, 6.45) is 0.254. The van der Waals surface area contributed by atoms with Crippen LogP contribution in [0.5, 0.6) is 0 Å². The van der Waals surface area contributed by atoms with Gasteiger partial charge in [0.15, 0.2) is 10.8 Å². The first-order valence-corrected chi connectivity index (χ1v) is 8.38. The molecule has 1 aromatic carbocycles. The fourth-order valence-electron chi connectivity index (χ4n) is 2.08. The van der Waals surface area contributed by atoms with E-state index in [-0.39, 0.29) is 12.3 Å². The molecule has 2 aromatic heterocycles. The van der Waals surface area contributed by atoms with Crippen molar-refractivity contribution in [2.75, 3.05) is 0 Å². The third-order valence-electron chi connectivity index (χ3n) is 3.25.